The first kappa shape index (κ1) is 31.4. The van der Waals surface area contributed by atoms with Crippen LogP contribution in [0.2, 0.25) is 0 Å². The van der Waals surface area contributed by atoms with Gasteiger partial charge >= 0.3 is 49.3 Å². The van der Waals surface area contributed by atoms with E-state index in [9.17, 15) is 38.6 Å². The van der Waals surface area contributed by atoms with Gasteiger partial charge in [-0.3, -0.25) is 23.7 Å². The van der Waals surface area contributed by atoms with Gasteiger partial charge in [0, 0.05) is 16.7 Å². The van der Waals surface area contributed by atoms with Crippen LogP contribution in [-0.4, -0.2) is 91.4 Å². The molecule has 206 valence electrons. The van der Waals surface area contributed by atoms with Gasteiger partial charge in [0.25, 0.3) is 0 Å². The van der Waals surface area contributed by atoms with E-state index in [-0.39, 0.29) is 65.9 Å². The molecule has 38 heavy (non-hydrogen) atoms. The predicted octanol–water partition coefficient (Wildman–Crippen LogP) is 1.44. The molecule has 0 aromatic rings. The summed E-state index contributed by atoms with van der Waals surface area (Å²) in [6.07, 6.45) is 4.70. The van der Waals surface area contributed by atoms with Crippen molar-refractivity contribution in [3.63, 3.8) is 0 Å². The van der Waals surface area contributed by atoms with Crippen LogP contribution < -0.4 is 0 Å². The number of carboxylic acids is 1. The van der Waals surface area contributed by atoms with Crippen LogP contribution in [0.3, 0.4) is 0 Å². The van der Waals surface area contributed by atoms with Crippen molar-refractivity contribution in [2.45, 2.75) is 70.5 Å². The van der Waals surface area contributed by atoms with Crippen LogP contribution in [0.5, 0.6) is 0 Å². The Morgan fingerprint density at radius 1 is 1.16 bits per heavy atom. The maximum atomic E-state index is 13.5. The van der Waals surface area contributed by atoms with E-state index in [2.05, 4.69) is 0 Å². The summed E-state index contributed by atoms with van der Waals surface area (Å²) in [4.78, 5) is 67.8. The second kappa shape index (κ2) is 11.0. The van der Waals surface area contributed by atoms with E-state index in [1.807, 2.05) is 13.0 Å². The van der Waals surface area contributed by atoms with E-state index in [4.69, 9.17) is 14.4 Å². The molecule has 4 rings (SSSR count). The summed E-state index contributed by atoms with van der Waals surface area (Å²) >= 11 is 0. The Labute approximate surface area is 242 Å². The van der Waals surface area contributed by atoms with Crippen LogP contribution in [0.1, 0.15) is 58.8 Å². The number of aliphatic hydroxyl groups excluding tert-OH is 1. The molecule has 0 saturated heterocycles. The molecule has 0 aromatic carbocycles. The number of ketones is 2. The van der Waals surface area contributed by atoms with E-state index >= 15 is 0 Å². The standard InChI is InChI=1S/C25H33O11P.Na.H/c1-23-9-7-15(26)11-14(23)3-4-16-17-8-10-25(36-37(32,33)34,24(17,2)12-18(27)22(16)23)19(28)13-35-21(31)6-5-20(29)30;;/h7,9,11,16-18,22,27H,3-6,8,10,12-13H2,1-2H3,(H,29,30)(H2,32,33,34);;/t16-,17-,18-,22+,23-,24-,25-;;/m0../s1. The Hall–Kier alpha value is -1.17. The van der Waals surface area contributed by atoms with Gasteiger partial charge in [0.05, 0.1) is 18.9 Å². The molecule has 0 aromatic heterocycles. The molecular weight excluding hydrogens is 530 g/mol. The molecular formula is C25H34NaO11P. The first-order valence-corrected chi connectivity index (χ1v) is 14.0. The minimum absolute atomic E-state index is 0. The monoisotopic (exact) mass is 564 g/mol. The summed E-state index contributed by atoms with van der Waals surface area (Å²) in [5.41, 5.74) is -2.80. The molecule has 0 aliphatic heterocycles. The SMILES string of the molecule is C[C@]12C=CC(=O)C=C1CC[C@@H]1[C@@H]2[C@@H](O)C[C@@]2(C)[C@H]1CC[C@]2(OP(=O)(O)O)C(=O)COC(=O)CCC(=O)O.[NaH]. The molecule has 3 saturated carbocycles. The van der Waals surface area contributed by atoms with Crippen molar-refractivity contribution in [3.05, 3.63) is 23.8 Å². The van der Waals surface area contributed by atoms with Gasteiger partial charge in [0.15, 0.2) is 12.4 Å². The van der Waals surface area contributed by atoms with E-state index in [0.29, 0.717) is 19.3 Å². The molecule has 3 fully saturated rings. The van der Waals surface area contributed by atoms with Crippen LogP contribution in [0.15, 0.2) is 23.8 Å². The fourth-order valence-electron chi connectivity index (χ4n) is 7.72. The average molecular weight is 565 g/mol. The number of carboxylic acid groups (broad SMARTS) is 1. The molecule has 7 atom stereocenters. The number of phosphoric ester groups is 1. The van der Waals surface area contributed by atoms with Crippen molar-refractivity contribution in [1.82, 2.24) is 0 Å². The normalized spacial score (nSPS) is 37.7. The third-order valence-electron chi connectivity index (χ3n) is 9.25. The van der Waals surface area contributed by atoms with Gasteiger partial charge in [-0.1, -0.05) is 25.5 Å². The average Bonchev–Trinajstić information content (AvgIpc) is 3.07. The van der Waals surface area contributed by atoms with E-state index in [1.165, 1.54) is 6.08 Å². The number of carbonyl (C=O) groups is 4. The molecule has 11 nitrogen and oxygen atoms in total. The van der Waals surface area contributed by atoms with Crippen LogP contribution in [0.4, 0.5) is 0 Å². The van der Waals surface area contributed by atoms with Crippen molar-refractivity contribution in [3.8, 4) is 0 Å². The number of hydrogen-bond acceptors (Lipinski definition) is 8. The molecule has 0 unspecified atom stereocenters. The van der Waals surface area contributed by atoms with Gasteiger partial charge in [-0.15, -0.1) is 0 Å². The molecule has 4 N–H and O–H groups in total. The Morgan fingerprint density at radius 2 is 1.84 bits per heavy atom. The Kier molecular flexibility index (Phi) is 9.09. The van der Waals surface area contributed by atoms with Gasteiger partial charge in [0.1, 0.15) is 5.60 Å². The molecule has 0 radical (unpaired) electrons. The fraction of sp³-hybridized carbons (Fsp3) is 0.680. The first-order chi connectivity index (χ1) is 17.1. The Morgan fingerprint density at radius 3 is 2.47 bits per heavy atom. The van der Waals surface area contributed by atoms with Gasteiger partial charge in [-0.25, -0.2) is 4.57 Å². The second-order valence-electron chi connectivity index (χ2n) is 11.1. The van der Waals surface area contributed by atoms with E-state index in [0.717, 1.165) is 5.57 Å². The van der Waals surface area contributed by atoms with Crippen molar-refractivity contribution >= 4 is 60.9 Å². The summed E-state index contributed by atoms with van der Waals surface area (Å²) in [6, 6.07) is 0. The molecule has 4 aliphatic carbocycles. The zero-order chi connectivity index (χ0) is 27.4. The molecule has 13 heteroatoms. The number of fused-ring (bicyclic) bond motifs is 5. The number of carbonyl (C=O) groups excluding carboxylic acids is 3. The van der Waals surface area contributed by atoms with Crippen molar-refractivity contribution in [2.75, 3.05) is 6.61 Å². The van der Waals surface area contributed by atoms with Crippen LogP contribution in [0.25, 0.3) is 0 Å². The molecule has 4 aliphatic rings. The molecule has 0 spiro atoms. The second-order valence-corrected chi connectivity index (χ2v) is 12.3. The van der Waals surface area contributed by atoms with Gasteiger partial charge < -0.3 is 24.7 Å². The maximum absolute atomic E-state index is 13.5. The van der Waals surface area contributed by atoms with Crippen molar-refractivity contribution < 1.29 is 53.0 Å². The van der Waals surface area contributed by atoms with Crippen LogP contribution in [-0.2, 0) is 33.0 Å². The fourth-order valence-corrected chi connectivity index (χ4v) is 8.53. The van der Waals surface area contributed by atoms with E-state index < -0.39 is 67.5 Å². The summed E-state index contributed by atoms with van der Waals surface area (Å²) in [5.74, 6) is -3.67. The van der Waals surface area contributed by atoms with Crippen LogP contribution in [0, 0.1) is 28.6 Å². The minimum atomic E-state index is -5.19. The summed E-state index contributed by atoms with van der Waals surface area (Å²) in [6.45, 7) is 2.85. The summed E-state index contributed by atoms with van der Waals surface area (Å²) in [5, 5.41) is 20.2. The number of hydrogen-bond donors (Lipinski definition) is 4. The van der Waals surface area contributed by atoms with Gasteiger partial charge in [-0.2, -0.15) is 0 Å². The number of aliphatic carboxylic acids is 1. The summed E-state index contributed by atoms with van der Waals surface area (Å²) < 4.78 is 22.3. The zero-order valence-electron chi connectivity index (χ0n) is 20.8. The van der Waals surface area contributed by atoms with Gasteiger partial charge in [-0.05, 0) is 56.1 Å². The molecule has 0 heterocycles. The number of allylic oxidation sites excluding steroid dienone is 4. The van der Waals surface area contributed by atoms with Crippen molar-refractivity contribution in [1.29, 1.82) is 0 Å². The molecule has 0 amide bonds. The number of ether oxygens (including phenoxy) is 1. The predicted molar refractivity (Wildman–Crippen MR) is 134 cm³/mol. The quantitative estimate of drug-likeness (QED) is 0.190. The number of rotatable bonds is 8. The first-order valence-electron chi connectivity index (χ1n) is 12.4. The third-order valence-corrected chi connectivity index (χ3v) is 9.80. The van der Waals surface area contributed by atoms with Crippen molar-refractivity contribution in [2.24, 2.45) is 28.6 Å². The zero-order valence-corrected chi connectivity index (χ0v) is 21.7. The number of aliphatic hydroxyl groups is 1. The number of esters is 1. The Balaban J connectivity index is 0.00000400. The third kappa shape index (κ3) is 5.41. The Bertz CT molecular complexity index is 1130. The van der Waals surface area contributed by atoms with E-state index in [1.54, 1.807) is 13.0 Å². The number of phosphoric acid groups is 1. The van der Waals surface area contributed by atoms with Gasteiger partial charge in [0.2, 0.25) is 5.78 Å². The molecule has 0 bridgehead atoms. The number of Topliss-reactive ketones (excluding diaryl/α,β-unsaturated/α-hetero) is 1. The summed E-state index contributed by atoms with van der Waals surface area (Å²) in [7, 11) is -5.19. The topological polar surface area (TPSA) is 185 Å². The van der Waals surface area contributed by atoms with Crippen LogP contribution >= 0.6 is 7.82 Å².